The van der Waals surface area contributed by atoms with Crippen LogP contribution in [0.1, 0.15) is 27.9 Å². The second-order valence-corrected chi connectivity index (χ2v) is 12.4. The minimum Gasteiger partial charge on any atom is -0.465 e. The van der Waals surface area contributed by atoms with Crippen molar-refractivity contribution in [2.45, 2.75) is 42.1 Å². The lowest BCUT2D eigenvalue weighted by Gasteiger charge is -2.61. The second kappa shape index (κ2) is 9.29. The van der Waals surface area contributed by atoms with E-state index in [2.05, 4.69) is 14.7 Å². The Morgan fingerprint density at radius 3 is 2.40 bits per heavy atom. The molecule has 188 valence electrons. The monoisotopic (exact) mass is 499 g/mol. The number of ether oxygens (including phenoxy) is 1. The minimum atomic E-state index is -3.19. The zero-order chi connectivity index (χ0) is 24.8. The molecule has 2 unspecified atom stereocenters. The number of piperazine rings is 1. The molecule has 3 saturated heterocycles. The SMILES string of the molecule is COC(=O)c1cccc(CN2CC3CC(O)CN3C3(C2)CN(Cc2ccc(S(C)(=O)=O)cc2)C3)c1. The highest BCUT2D eigenvalue weighted by molar-refractivity contribution is 7.90. The van der Waals surface area contributed by atoms with Gasteiger partial charge in [-0.25, -0.2) is 13.2 Å². The van der Waals surface area contributed by atoms with Gasteiger partial charge in [-0.3, -0.25) is 14.7 Å². The molecule has 0 bridgehead atoms. The van der Waals surface area contributed by atoms with E-state index in [1.807, 2.05) is 30.3 Å². The van der Waals surface area contributed by atoms with Gasteiger partial charge in [-0.05, 0) is 41.8 Å². The van der Waals surface area contributed by atoms with Gasteiger partial charge >= 0.3 is 5.97 Å². The number of nitrogens with zero attached hydrogens (tertiary/aromatic N) is 3. The van der Waals surface area contributed by atoms with Gasteiger partial charge in [0.15, 0.2) is 9.84 Å². The summed E-state index contributed by atoms with van der Waals surface area (Å²) in [5, 5.41) is 10.4. The number of methoxy groups -OCH3 is 1. The minimum absolute atomic E-state index is 0.00689. The number of β-amino-alcohol motifs (C(OH)–C–C–N with tert-alkyl or cyclic N) is 1. The summed E-state index contributed by atoms with van der Waals surface area (Å²) in [5.74, 6) is -0.328. The molecule has 8 nitrogen and oxygen atoms in total. The maximum atomic E-state index is 12.0. The van der Waals surface area contributed by atoms with Crippen molar-refractivity contribution in [1.82, 2.24) is 14.7 Å². The van der Waals surface area contributed by atoms with Crippen molar-refractivity contribution in [2.75, 3.05) is 46.1 Å². The first-order chi connectivity index (χ1) is 16.6. The number of hydrogen-bond acceptors (Lipinski definition) is 8. The van der Waals surface area contributed by atoms with E-state index >= 15 is 0 Å². The second-order valence-electron chi connectivity index (χ2n) is 10.3. The van der Waals surface area contributed by atoms with E-state index in [4.69, 9.17) is 4.74 Å². The van der Waals surface area contributed by atoms with Crippen molar-refractivity contribution in [1.29, 1.82) is 0 Å². The molecule has 0 amide bonds. The average molecular weight is 500 g/mol. The van der Waals surface area contributed by atoms with Crippen molar-refractivity contribution in [3.63, 3.8) is 0 Å². The molecule has 5 rings (SSSR count). The van der Waals surface area contributed by atoms with E-state index in [-0.39, 0.29) is 17.6 Å². The molecule has 3 aliphatic rings. The Balaban J connectivity index is 1.27. The number of fused-ring (bicyclic) bond motifs is 2. The molecule has 0 saturated carbocycles. The first-order valence-corrected chi connectivity index (χ1v) is 13.9. The molecule has 1 N–H and O–H groups in total. The average Bonchev–Trinajstić information content (AvgIpc) is 3.18. The first-order valence-electron chi connectivity index (χ1n) is 12.0. The number of hydrogen-bond donors (Lipinski definition) is 1. The van der Waals surface area contributed by atoms with Gasteiger partial charge in [-0.1, -0.05) is 24.3 Å². The quantitative estimate of drug-likeness (QED) is 0.597. The lowest BCUT2D eigenvalue weighted by Crippen LogP contribution is -2.77. The zero-order valence-corrected chi connectivity index (χ0v) is 21.1. The number of likely N-dealkylation sites (tertiary alicyclic amines) is 1. The summed E-state index contributed by atoms with van der Waals surface area (Å²) in [5.41, 5.74) is 2.73. The van der Waals surface area contributed by atoms with E-state index in [1.165, 1.54) is 13.4 Å². The van der Waals surface area contributed by atoms with Crippen LogP contribution in [0.25, 0.3) is 0 Å². The number of aliphatic hydroxyl groups is 1. The normalized spacial score (nSPS) is 24.8. The van der Waals surface area contributed by atoms with Crippen LogP contribution in [0, 0.1) is 0 Å². The molecular weight excluding hydrogens is 466 g/mol. The summed E-state index contributed by atoms with van der Waals surface area (Å²) in [6.45, 7) is 5.85. The third-order valence-corrected chi connectivity index (χ3v) is 8.66. The van der Waals surface area contributed by atoms with Crippen molar-refractivity contribution in [3.05, 3.63) is 65.2 Å². The van der Waals surface area contributed by atoms with Crippen LogP contribution in [-0.4, -0.2) is 98.0 Å². The van der Waals surface area contributed by atoms with Gasteiger partial charge in [0.1, 0.15) is 0 Å². The highest BCUT2D eigenvalue weighted by Crippen LogP contribution is 2.40. The van der Waals surface area contributed by atoms with E-state index < -0.39 is 9.84 Å². The van der Waals surface area contributed by atoms with Gasteiger partial charge < -0.3 is 9.84 Å². The molecule has 2 atom stereocenters. The Labute approximate surface area is 207 Å². The fourth-order valence-electron chi connectivity index (χ4n) is 6.09. The highest BCUT2D eigenvalue weighted by atomic mass is 32.2. The first kappa shape index (κ1) is 24.4. The Kier molecular flexibility index (Phi) is 6.48. The number of carbonyl (C=O) groups excluding carboxylic acids is 1. The van der Waals surface area contributed by atoms with Crippen LogP contribution >= 0.6 is 0 Å². The standard InChI is InChI=1S/C26H33N3O5S/c1-34-25(31)21-5-3-4-20(10-21)13-27-14-22-11-23(30)15-29(22)26(16-27)17-28(18-26)12-19-6-8-24(9-7-19)35(2,32)33/h3-10,22-23,30H,11-18H2,1-2H3. The van der Waals surface area contributed by atoms with Crippen molar-refractivity contribution < 1.29 is 23.1 Å². The largest absolute Gasteiger partial charge is 0.465 e. The van der Waals surface area contributed by atoms with Gasteiger partial charge in [-0.2, -0.15) is 0 Å². The molecule has 0 aromatic heterocycles. The third-order valence-electron chi connectivity index (χ3n) is 7.54. The fourth-order valence-corrected chi connectivity index (χ4v) is 6.72. The van der Waals surface area contributed by atoms with Gasteiger partial charge in [0.25, 0.3) is 0 Å². The molecule has 0 radical (unpaired) electrons. The van der Waals surface area contributed by atoms with Crippen molar-refractivity contribution in [3.8, 4) is 0 Å². The van der Waals surface area contributed by atoms with Crippen LogP contribution in [0.3, 0.4) is 0 Å². The van der Waals surface area contributed by atoms with Crippen LogP contribution < -0.4 is 0 Å². The number of rotatable bonds is 6. The summed E-state index contributed by atoms with van der Waals surface area (Å²) in [6.07, 6.45) is 1.72. The number of benzene rings is 2. The molecule has 2 aromatic rings. The lowest BCUT2D eigenvalue weighted by molar-refractivity contribution is -0.118. The summed E-state index contributed by atoms with van der Waals surface area (Å²) >= 11 is 0. The van der Waals surface area contributed by atoms with Gasteiger partial charge in [0.2, 0.25) is 0 Å². The van der Waals surface area contributed by atoms with Crippen LogP contribution in [0.5, 0.6) is 0 Å². The zero-order valence-electron chi connectivity index (χ0n) is 20.3. The Morgan fingerprint density at radius 1 is 1.03 bits per heavy atom. The van der Waals surface area contributed by atoms with Gasteiger partial charge in [0, 0.05) is 58.1 Å². The number of sulfone groups is 1. The maximum absolute atomic E-state index is 12.0. The Hall–Kier alpha value is -2.30. The van der Waals surface area contributed by atoms with Gasteiger partial charge in [-0.15, -0.1) is 0 Å². The van der Waals surface area contributed by atoms with Crippen LogP contribution in [0.2, 0.25) is 0 Å². The number of aliphatic hydroxyl groups excluding tert-OH is 1. The summed E-state index contributed by atoms with van der Waals surface area (Å²) in [6, 6.07) is 15.1. The molecule has 3 heterocycles. The van der Waals surface area contributed by atoms with Crippen LogP contribution in [0.15, 0.2) is 53.4 Å². The molecule has 9 heteroatoms. The van der Waals surface area contributed by atoms with E-state index in [0.717, 1.165) is 56.8 Å². The molecule has 3 aliphatic heterocycles. The molecule has 2 aromatic carbocycles. The van der Waals surface area contributed by atoms with Crippen molar-refractivity contribution >= 4 is 15.8 Å². The van der Waals surface area contributed by atoms with Crippen LogP contribution in [0.4, 0.5) is 0 Å². The smallest absolute Gasteiger partial charge is 0.337 e. The number of esters is 1. The molecule has 3 fully saturated rings. The number of carbonyl (C=O) groups is 1. The Bertz CT molecular complexity index is 1190. The molecule has 35 heavy (non-hydrogen) atoms. The van der Waals surface area contributed by atoms with Gasteiger partial charge in [0.05, 0.1) is 29.2 Å². The van der Waals surface area contributed by atoms with E-state index in [9.17, 15) is 18.3 Å². The molecule has 1 spiro atoms. The van der Waals surface area contributed by atoms with E-state index in [1.54, 1.807) is 18.2 Å². The lowest BCUT2D eigenvalue weighted by atomic mass is 9.83. The Morgan fingerprint density at radius 2 is 1.71 bits per heavy atom. The summed E-state index contributed by atoms with van der Waals surface area (Å²) in [4.78, 5) is 19.6. The van der Waals surface area contributed by atoms with E-state index in [0.29, 0.717) is 23.0 Å². The topological polar surface area (TPSA) is 90.4 Å². The molecule has 0 aliphatic carbocycles. The predicted molar refractivity (Wildman–Crippen MR) is 132 cm³/mol. The predicted octanol–water partition coefficient (Wildman–Crippen LogP) is 1.38. The third kappa shape index (κ3) is 5.01. The van der Waals surface area contributed by atoms with Crippen molar-refractivity contribution in [2.24, 2.45) is 0 Å². The molecular formula is C26H33N3O5S. The van der Waals surface area contributed by atoms with Crippen LogP contribution in [-0.2, 0) is 27.7 Å². The fraction of sp³-hybridized carbons (Fsp3) is 0.500. The highest BCUT2D eigenvalue weighted by Gasteiger charge is 2.55. The maximum Gasteiger partial charge on any atom is 0.337 e. The summed E-state index contributed by atoms with van der Waals surface area (Å²) in [7, 11) is -1.80. The summed E-state index contributed by atoms with van der Waals surface area (Å²) < 4.78 is 28.3.